The van der Waals surface area contributed by atoms with Gasteiger partial charge in [0.25, 0.3) is 0 Å². The molecule has 0 saturated heterocycles. The molecule has 1 atom stereocenters. The van der Waals surface area contributed by atoms with Gasteiger partial charge in [0.05, 0.1) is 0 Å². The summed E-state index contributed by atoms with van der Waals surface area (Å²) in [5, 5.41) is 2.71. The number of allylic oxidation sites excluding steroid dienone is 2. The molecule has 0 aromatic heterocycles. The number of isocyanates is 1. The van der Waals surface area contributed by atoms with E-state index in [0.717, 1.165) is 0 Å². The molecule has 2 nitrogen and oxygen atoms in total. The van der Waals surface area contributed by atoms with Gasteiger partial charge in [-0.1, -0.05) is 60.7 Å². The molecule has 0 heterocycles. The van der Waals surface area contributed by atoms with E-state index in [9.17, 15) is 0 Å². The Morgan fingerprint density at radius 3 is 2.50 bits per heavy atom. The normalized spacial score (nSPS) is 15.0. The fourth-order valence-corrected chi connectivity index (χ4v) is 2.53. The van der Waals surface area contributed by atoms with Gasteiger partial charge in [0.15, 0.2) is 0 Å². The first-order valence-corrected chi connectivity index (χ1v) is 6.50. The molecule has 100 valence electrons. The fraction of sp³-hybridized carbons (Fsp3) is 0.167. The van der Waals surface area contributed by atoms with Crippen LogP contribution in [0, 0.1) is 0 Å². The number of hydrogen-bond donors (Lipinski definition) is 0. The van der Waals surface area contributed by atoms with E-state index in [0.29, 0.717) is 5.92 Å². The summed E-state index contributed by atoms with van der Waals surface area (Å²) in [7, 11) is 1.38. The van der Waals surface area contributed by atoms with E-state index in [-0.39, 0.29) is 0 Å². The second kappa shape index (κ2) is 6.14. The van der Waals surface area contributed by atoms with E-state index in [1.165, 1.54) is 40.6 Å². The smallest absolute Gasteiger partial charge is 0.211 e. The number of hydrogen-bond acceptors (Lipinski definition) is 2. The highest BCUT2D eigenvalue weighted by Crippen LogP contribution is 2.37. The number of aliphatic imine (C=N–C) groups is 1. The zero-order valence-corrected chi connectivity index (χ0v) is 11.8. The molecular weight excluding hydrogens is 246 g/mol. The van der Waals surface area contributed by atoms with E-state index in [1.807, 2.05) is 0 Å². The standard InChI is InChI=1S/C16H14.C2H3NO/c1-11(2)14-10-9-13-6-3-5-12-7-4-8-15(14)16(12)13;1-3-2-4/h3-10,14H,1H2,2H3;1H3. The maximum atomic E-state index is 8.88. The first-order chi connectivity index (χ1) is 9.69. The summed E-state index contributed by atoms with van der Waals surface area (Å²) in [5.74, 6) is 0.374. The van der Waals surface area contributed by atoms with Gasteiger partial charge in [-0.25, -0.2) is 9.79 Å². The van der Waals surface area contributed by atoms with Gasteiger partial charge >= 0.3 is 0 Å². The lowest BCUT2D eigenvalue weighted by Crippen LogP contribution is -2.01. The molecule has 20 heavy (non-hydrogen) atoms. The van der Waals surface area contributed by atoms with Gasteiger partial charge in [0.2, 0.25) is 6.08 Å². The summed E-state index contributed by atoms with van der Waals surface area (Å²) in [5.41, 5.74) is 3.92. The predicted octanol–water partition coefficient (Wildman–Crippen LogP) is 4.48. The Bertz CT molecular complexity index is 716. The molecule has 0 saturated carbocycles. The SMILES string of the molecule is C=C(C)C1C=Cc2cccc3cccc1c23.CN=C=O. The molecule has 2 aromatic rings. The van der Waals surface area contributed by atoms with E-state index >= 15 is 0 Å². The number of carbonyl (C=O) groups excluding carboxylic acids is 1. The minimum atomic E-state index is 0.374. The van der Waals surface area contributed by atoms with Gasteiger partial charge in [-0.2, -0.15) is 0 Å². The van der Waals surface area contributed by atoms with Gasteiger partial charge in [0.1, 0.15) is 0 Å². The molecule has 0 bridgehead atoms. The van der Waals surface area contributed by atoms with Crippen molar-refractivity contribution < 1.29 is 4.79 Å². The van der Waals surface area contributed by atoms with Crippen LogP contribution < -0.4 is 0 Å². The number of rotatable bonds is 1. The maximum absolute atomic E-state index is 8.88. The summed E-state index contributed by atoms with van der Waals surface area (Å²) in [4.78, 5) is 11.8. The van der Waals surface area contributed by atoms with Crippen LogP contribution in [-0.2, 0) is 4.79 Å². The Hall–Kier alpha value is -2.44. The van der Waals surface area contributed by atoms with Crippen LogP contribution in [0.1, 0.15) is 24.0 Å². The second-order valence-electron chi connectivity index (χ2n) is 4.79. The minimum Gasteiger partial charge on any atom is -0.211 e. The lowest BCUT2D eigenvalue weighted by atomic mass is 9.83. The Morgan fingerprint density at radius 2 is 1.90 bits per heavy atom. The molecule has 1 aliphatic rings. The highest BCUT2D eigenvalue weighted by atomic mass is 16.1. The molecule has 2 aromatic carbocycles. The maximum Gasteiger partial charge on any atom is 0.234 e. The Morgan fingerprint density at radius 1 is 1.25 bits per heavy atom. The summed E-state index contributed by atoms with van der Waals surface area (Å²) in [6, 6.07) is 13.0. The van der Waals surface area contributed by atoms with Crippen molar-refractivity contribution in [2.24, 2.45) is 4.99 Å². The van der Waals surface area contributed by atoms with Crippen LogP contribution in [0.25, 0.3) is 16.8 Å². The number of benzene rings is 2. The number of nitrogens with zero attached hydrogens (tertiary/aromatic N) is 1. The molecular formula is C18H17NO. The van der Waals surface area contributed by atoms with E-state index in [1.54, 1.807) is 0 Å². The summed E-state index contributed by atoms with van der Waals surface area (Å²) in [6.07, 6.45) is 5.77. The molecule has 0 amide bonds. The zero-order valence-electron chi connectivity index (χ0n) is 11.8. The van der Waals surface area contributed by atoms with Crippen molar-refractivity contribution in [3.05, 3.63) is 65.8 Å². The lowest BCUT2D eigenvalue weighted by Gasteiger charge is -2.21. The van der Waals surface area contributed by atoms with Crippen molar-refractivity contribution in [2.45, 2.75) is 12.8 Å². The third-order valence-electron chi connectivity index (χ3n) is 3.39. The zero-order chi connectivity index (χ0) is 14.5. The second-order valence-corrected chi connectivity index (χ2v) is 4.79. The van der Waals surface area contributed by atoms with Gasteiger partial charge in [-0.15, -0.1) is 0 Å². The topological polar surface area (TPSA) is 29.4 Å². The molecule has 1 aliphatic carbocycles. The Labute approximate surface area is 119 Å². The van der Waals surface area contributed by atoms with Crippen LogP contribution in [-0.4, -0.2) is 13.1 Å². The first kappa shape index (κ1) is 14.0. The highest BCUT2D eigenvalue weighted by molar-refractivity contribution is 5.96. The van der Waals surface area contributed by atoms with Gasteiger partial charge in [0, 0.05) is 13.0 Å². The van der Waals surface area contributed by atoms with Crippen molar-refractivity contribution in [3.8, 4) is 0 Å². The average molecular weight is 263 g/mol. The Balaban J connectivity index is 0.000000328. The van der Waals surface area contributed by atoms with Crippen molar-refractivity contribution >= 4 is 22.9 Å². The van der Waals surface area contributed by atoms with E-state index in [2.05, 4.69) is 67.0 Å². The molecule has 2 heteroatoms. The molecule has 0 N–H and O–H groups in total. The van der Waals surface area contributed by atoms with Crippen LogP contribution >= 0.6 is 0 Å². The molecule has 0 spiro atoms. The van der Waals surface area contributed by atoms with E-state index < -0.39 is 0 Å². The van der Waals surface area contributed by atoms with Crippen molar-refractivity contribution in [3.63, 3.8) is 0 Å². The van der Waals surface area contributed by atoms with Crippen molar-refractivity contribution in [1.82, 2.24) is 0 Å². The molecule has 0 fully saturated rings. The quantitative estimate of drug-likeness (QED) is 0.424. The molecule has 0 radical (unpaired) electrons. The molecule has 3 rings (SSSR count). The highest BCUT2D eigenvalue weighted by Gasteiger charge is 2.17. The summed E-state index contributed by atoms with van der Waals surface area (Å²) < 4.78 is 0. The third-order valence-corrected chi connectivity index (χ3v) is 3.39. The van der Waals surface area contributed by atoms with Gasteiger partial charge < -0.3 is 0 Å². The van der Waals surface area contributed by atoms with Crippen LogP contribution in [0.3, 0.4) is 0 Å². The average Bonchev–Trinajstić information content (AvgIpc) is 2.48. The van der Waals surface area contributed by atoms with E-state index in [4.69, 9.17) is 4.79 Å². The third kappa shape index (κ3) is 2.61. The van der Waals surface area contributed by atoms with Gasteiger partial charge in [-0.3, -0.25) is 0 Å². The Kier molecular flexibility index (Phi) is 4.29. The summed E-state index contributed by atoms with van der Waals surface area (Å²) in [6.45, 7) is 6.19. The van der Waals surface area contributed by atoms with Crippen molar-refractivity contribution in [2.75, 3.05) is 7.05 Å². The van der Waals surface area contributed by atoms with Crippen LogP contribution in [0.2, 0.25) is 0 Å². The first-order valence-electron chi connectivity index (χ1n) is 6.50. The molecule has 0 aliphatic heterocycles. The fourth-order valence-electron chi connectivity index (χ4n) is 2.53. The summed E-state index contributed by atoms with van der Waals surface area (Å²) >= 11 is 0. The van der Waals surface area contributed by atoms with Crippen LogP contribution in [0.4, 0.5) is 0 Å². The van der Waals surface area contributed by atoms with Crippen LogP contribution in [0.5, 0.6) is 0 Å². The largest absolute Gasteiger partial charge is 0.234 e. The van der Waals surface area contributed by atoms with Crippen molar-refractivity contribution in [1.29, 1.82) is 0 Å². The monoisotopic (exact) mass is 263 g/mol. The molecule has 1 unspecified atom stereocenters. The van der Waals surface area contributed by atoms with Crippen LogP contribution in [0.15, 0.2) is 59.6 Å². The predicted molar refractivity (Wildman–Crippen MR) is 84.6 cm³/mol. The minimum absolute atomic E-state index is 0.374. The lowest BCUT2D eigenvalue weighted by molar-refractivity contribution is 0.564. The van der Waals surface area contributed by atoms with Gasteiger partial charge in [-0.05, 0) is 28.8 Å².